The van der Waals surface area contributed by atoms with Crippen LogP contribution in [0.2, 0.25) is 0 Å². The maximum Gasteiger partial charge on any atom is 0.135 e. The topological polar surface area (TPSA) is 13.1 Å². The molecule has 1 nitrogen and oxygen atoms in total. The summed E-state index contributed by atoms with van der Waals surface area (Å²) in [6.07, 6.45) is 0. The van der Waals surface area contributed by atoms with Crippen LogP contribution in [0.5, 0.6) is 0 Å². The fraction of sp³-hybridized carbons (Fsp3) is 0. The van der Waals surface area contributed by atoms with Crippen LogP contribution in [0.3, 0.4) is 0 Å². The predicted octanol–water partition coefficient (Wildman–Crippen LogP) is 13.2. The fourth-order valence-corrected chi connectivity index (χ4v) is 7.19. The zero-order valence-electron chi connectivity index (χ0n) is 33.0. The van der Waals surface area contributed by atoms with E-state index in [1.54, 1.807) is 12.1 Å². The molecule has 218 valence electrons. The Morgan fingerprint density at radius 1 is 0.362 bits per heavy atom. The van der Waals surface area contributed by atoms with E-state index in [-0.39, 0.29) is 45.7 Å². The van der Waals surface area contributed by atoms with Crippen LogP contribution in [0.4, 0.5) is 0 Å². The highest BCUT2D eigenvalue weighted by molar-refractivity contribution is 6.22. The summed E-state index contributed by atoms with van der Waals surface area (Å²) in [5.41, 5.74) is 4.98. The van der Waals surface area contributed by atoms with Gasteiger partial charge in [-0.1, -0.05) is 145 Å². The molecule has 0 unspecified atom stereocenters. The first-order chi connectivity index (χ1) is 26.6. The van der Waals surface area contributed by atoms with Crippen molar-refractivity contribution in [2.45, 2.75) is 0 Å². The van der Waals surface area contributed by atoms with Crippen molar-refractivity contribution in [3.63, 3.8) is 0 Å². The standard InChI is InChI=1S/C46H28O/c1-2-12-33-31(11-1)27-41(35-14-4-3-13-34(33)35)29-21-23-30(24-22-29)45-37-16-5-7-18-39(37)46(40-19-8-6-17-38(40)45)32-25-26-44-42(28-32)36-15-9-10-20-43(36)47-44/h1-28H/i5D,6D,7D,8D,16D,17D,18D,19D. The lowest BCUT2D eigenvalue weighted by atomic mass is 9.85. The van der Waals surface area contributed by atoms with Gasteiger partial charge in [0.1, 0.15) is 11.2 Å². The average molecular weight is 605 g/mol. The number of fused-ring (bicyclic) bond motifs is 8. The van der Waals surface area contributed by atoms with E-state index in [1.807, 2.05) is 78.9 Å². The van der Waals surface area contributed by atoms with Crippen molar-refractivity contribution in [2.24, 2.45) is 0 Å². The van der Waals surface area contributed by atoms with E-state index in [0.29, 0.717) is 33.4 Å². The Morgan fingerprint density at radius 2 is 0.872 bits per heavy atom. The monoisotopic (exact) mass is 604 g/mol. The molecule has 0 N–H and O–H groups in total. The second kappa shape index (κ2) is 10.2. The number of para-hydroxylation sites is 1. The van der Waals surface area contributed by atoms with Gasteiger partial charge in [0.2, 0.25) is 0 Å². The third kappa shape index (κ3) is 3.97. The van der Waals surface area contributed by atoms with E-state index in [4.69, 9.17) is 9.90 Å². The van der Waals surface area contributed by atoms with Crippen LogP contribution in [-0.2, 0) is 0 Å². The Labute approximate surface area is 283 Å². The second-order valence-corrected chi connectivity index (χ2v) is 11.8. The van der Waals surface area contributed by atoms with Gasteiger partial charge in [-0.15, -0.1) is 0 Å². The van der Waals surface area contributed by atoms with Gasteiger partial charge in [0.15, 0.2) is 0 Å². The number of rotatable bonds is 3. The molecule has 1 heterocycles. The molecule has 0 aliphatic heterocycles. The Morgan fingerprint density at radius 3 is 1.57 bits per heavy atom. The number of benzene rings is 9. The van der Waals surface area contributed by atoms with Crippen molar-refractivity contribution in [2.75, 3.05) is 0 Å². The molecule has 0 aliphatic rings. The van der Waals surface area contributed by atoms with E-state index in [1.165, 1.54) is 0 Å². The van der Waals surface area contributed by atoms with Gasteiger partial charge in [0.05, 0.1) is 11.0 Å². The first kappa shape index (κ1) is 19.4. The van der Waals surface area contributed by atoms with Crippen LogP contribution >= 0.6 is 0 Å². The Balaban J connectivity index is 1.32. The molecule has 1 heteroatoms. The molecule has 0 atom stereocenters. The minimum atomic E-state index is -0.432. The van der Waals surface area contributed by atoms with Crippen molar-refractivity contribution in [1.82, 2.24) is 0 Å². The summed E-state index contributed by atoms with van der Waals surface area (Å²) in [5, 5.41) is 6.80. The largest absolute Gasteiger partial charge is 0.456 e. The highest BCUT2D eigenvalue weighted by Gasteiger charge is 2.18. The lowest BCUT2D eigenvalue weighted by Gasteiger charge is -2.18. The predicted molar refractivity (Wildman–Crippen MR) is 200 cm³/mol. The average Bonchev–Trinajstić information content (AvgIpc) is 3.60. The van der Waals surface area contributed by atoms with Gasteiger partial charge in [-0.05, 0) is 101 Å². The van der Waals surface area contributed by atoms with Gasteiger partial charge in [-0.2, -0.15) is 0 Å². The quantitative estimate of drug-likeness (QED) is 0.144. The van der Waals surface area contributed by atoms with Crippen molar-refractivity contribution in [1.29, 1.82) is 0 Å². The SMILES string of the molecule is [2H]c1c([2H])c([2H])c2c(-c3ccc4oc5ccccc5c4c3)c3c([2H])c([2H])c([2H])c([2H])c3c(-c3ccc(-c4cc5ccccc5c5ccccc45)cc3)c2c1[2H]. The molecule has 0 aliphatic carbocycles. The van der Waals surface area contributed by atoms with E-state index < -0.39 is 24.2 Å². The van der Waals surface area contributed by atoms with E-state index in [2.05, 4.69) is 30.3 Å². The third-order valence-electron chi connectivity index (χ3n) is 9.29. The van der Waals surface area contributed by atoms with Crippen molar-refractivity contribution >= 4 is 65.0 Å². The summed E-state index contributed by atoms with van der Waals surface area (Å²) in [6, 6.07) is 36.5. The molecule has 9 aromatic carbocycles. The second-order valence-electron chi connectivity index (χ2n) is 11.8. The van der Waals surface area contributed by atoms with Crippen LogP contribution in [0.25, 0.3) is 98.4 Å². The number of furan rings is 1. The molecule has 0 amide bonds. The van der Waals surface area contributed by atoms with Gasteiger partial charge in [-0.3, -0.25) is 0 Å². The van der Waals surface area contributed by atoms with E-state index in [0.717, 1.165) is 43.4 Å². The zero-order chi connectivity index (χ0) is 37.9. The molecule has 0 saturated heterocycles. The van der Waals surface area contributed by atoms with Crippen molar-refractivity contribution in [3.05, 3.63) is 170 Å². The molecule has 0 radical (unpaired) electrons. The normalized spacial score (nSPS) is 14.2. The molecule has 1 aromatic heterocycles. The first-order valence-electron chi connectivity index (χ1n) is 19.5. The van der Waals surface area contributed by atoms with Crippen molar-refractivity contribution < 1.29 is 15.4 Å². The van der Waals surface area contributed by atoms with Crippen LogP contribution in [0.1, 0.15) is 11.0 Å². The van der Waals surface area contributed by atoms with Gasteiger partial charge < -0.3 is 4.42 Å². The Bertz CT molecular complexity index is 3210. The van der Waals surface area contributed by atoms with Gasteiger partial charge in [-0.25, -0.2) is 0 Å². The minimum absolute atomic E-state index is 0.176. The third-order valence-corrected chi connectivity index (χ3v) is 9.29. The molecule has 10 rings (SSSR count). The summed E-state index contributed by atoms with van der Waals surface area (Å²) in [4.78, 5) is 0. The first-order valence-corrected chi connectivity index (χ1v) is 15.5. The smallest absolute Gasteiger partial charge is 0.135 e. The van der Waals surface area contributed by atoms with Crippen molar-refractivity contribution in [3.8, 4) is 33.4 Å². The van der Waals surface area contributed by atoms with Crippen LogP contribution in [0, 0.1) is 0 Å². The lowest BCUT2D eigenvalue weighted by molar-refractivity contribution is 0.669. The molecule has 10 aromatic rings. The molecular weight excluding hydrogens is 569 g/mol. The summed E-state index contributed by atoms with van der Waals surface area (Å²) < 4.78 is 78.5. The van der Waals surface area contributed by atoms with Gasteiger partial charge in [0, 0.05) is 10.8 Å². The highest BCUT2D eigenvalue weighted by Crippen LogP contribution is 2.45. The molecule has 0 saturated carbocycles. The van der Waals surface area contributed by atoms with Gasteiger partial charge in [0.25, 0.3) is 0 Å². The zero-order valence-corrected chi connectivity index (χ0v) is 25.0. The maximum atomic E-state index is 9.33. The van der Waals surface area contributed by atoms with Gasteiger partial charge >= 0.3 is 0 Å². The Hall–Kier alpha value is -6.18. The molecule has 0 spiro atoms. The Kier molecular flexibility index (Phi) is 4.19. The molecule has 0 bridgehead atoms. The maximum absolute atomic E-state index is 9.33. The fourth-order valence-electron chi connectivity index (χ4n) is 7.19. The van der Waals surface area contributed by atoms with E-state index in [9.17, 15) is 5.48 Å². The summed E-state index contributed by atoms with van der Waals surface area (Å²) in [5.74, 6) is 0. The molecular formula is C46H28O. The number of hydrogen-bond acceptors (Lipinski definition) is 1. The summed E-state index contributed by atoms with van der Waals surface area (Å²) in [6.45, 7) is 0. The molecule has 47 heavy (non-hydrogen) atoms. The number of hydrogen-bond donors (Lipinski definition) is 0. The summed E-state index contributed by atoms with van der Waals surface area (Å²) >= 11 is 0. The minimum Gasteiger partial charge on any atom is -0.456 e. The summed E-state index contributed by atoms with van der Waals surface area (Å²) in [7, 11) is 0. The van der Waals surface area contributed by atoms with Crippen LogP contribution in [0.15, 0.2) is 174 Å². The van der Waals surface area contributed by atoms with Crippen LogP contribution < -0.4 is 0 Å². The lowest BCUT2D eigenvalue weighted by Crippen LogP contribution is -1.91. The molecule has 0 fully saturated rings. The highest BCUT2D eigenvalue weighted by atomic mass is 16.3. The van der Waals surface area contributed by atoms with E-state index >= 15 is 0 Å². The van der Waals surface area contributed by atoms with Crippen LogP contribution in [-0.4, -0.2) is 0 Å².